The Hall–Kier alpha value is 0.316. The molecule has 0 bridgehead atoms. The van der Waals surface area contributed by atoms with Gasteiger partial charge in [0.1, 0.15) is 5.60 Å². The molecule has 0 aromatic rings. The molecule has 0 atom stereocenters. The molecule has 0 heterocycles. The van der Waals surface area contributed by atoms with Crippen LogP contribution in [0.25, 0.3) is 0 Å². The fourth-order valence-corrected chi connectivity index (χ4v) is 0.472. The maximum absolute atomic E-state index is 10.8. The Morgan fingerprint density at radius 1 is 1.23 bits per heavy atom. The molecular formula is C8H11KO4. The van der Waals surface area contributed by atoms with Gasteiger partial charge in [0.15, 0.2) is 0 Å². The zero-order valence-electron chi connectivity index (χ0n) is 8.29. The SMILES string of the molecule is CC(C)(C)OC(=O)/C=C\C(=O)[O-].[K+]. The number of carbonyl (C=O) groups excluding carboxylic acids is 2. The van der Waals surface area contributed by atoms with Gasteiger partial charge in [-0.3, -0.25) is 0 Å². The molecule has 68 valence electrons. The molecule has 4 nitrogen and oxygen atoms in total. The van der Waals surface area contributed by atoms with E-state index in [1.165, 1.54) is 0 Å². The summed E-state index contributed by atoms with van der Waals surface area (Å²) in [6, 6.07) is 0. The second kappa shape index (κ2) is 6.72. The van der Waals surface area contributed by atoms with Crippen LogP contribution in [0.4, 0.5) is 0 Å². The van der Waals surface area contributed by atoms with E-state index in [2.05, 4.69) is 0 Å². The molecule has 0 radical (unpaired) electrons. The molecular weight excluding hydrogens is 199 g/mol. The second-order valence-electron chi connectivity index (χ2n) is 3.19. The summed E-state index contributed by atoms with van der Waals surface area (Å²) in [5.74, 6) is -2.10. The minimum atomic E-state index is -1.42. The van der Waals surface area contributed by atoms with Crippen molar-refractivity contribution < 1.29 is 70.8 Å². The summed E-state index contributed by atoms with van der Waals surface area (Å²) in [4.78, 5) is 20.6. The second-order valence-corrected chi connectivity index (χ2v) is 3.19. The molecule has 0 amide bonds. The summed E-state index contributed by atoms with van der Waals surface area (Å²) >= 11 is 0. The Labute approximate surface area is 120 Å². The normalized spacial score (nSPS) is 10.7. The molecule has 0 aliphatic heterocycles. The molecule has 0 rings (SSSR count). The molecule has 13 heavy (non-hydrogen) atoms. The number of carboxylic acid groups (broad SMARTS) is 1. The van der Waals surface area contributed by atoms with Gasteiger partial charge in [-0.05, 0) is 26.8 Å². The van der Waals surface area contributed by atoms with Gasteiger partial charge in [-0.25, -0.2) is 4.79 Å². The van der Waals surface area contributed by atoms with E-state index >= 15 is 0 Å². The number of hydrogen-bond donors (Lipinski definition) is 0. The average Bonchev–Trinajstić information content (AvgIpc) is 1.79. The van der Waals surface area contributed by atoms with Crippen molar-refractivity contribution in [3.63, 3.8) is 0 Å². The Kier molecular flexibility index (Phi) is 8.16. The van der Waals surface area contributed by atoms with E-state index in [1.54, 1.807) is 20.8 Å². The number of aliphatic carboxylic acids is 1. The standard InChI is InChI=1S/C8H12O4.K/c1-8(2,3)12-7(11)5-4-6(9)10;/h4-5H,1-3H3,(H,9,10);/q;+1/p-1/b5-4-;. The predicted molar refractivity (Wildman–Crippen MR) is 40.0 cm³/mol. The number of carboxylic acids is 1. The van der Waals surface area contributed by atoms with E-state index in [1.807, 2.05) is 0 Å². The van der Waals surface area contributed by atoms with Crippen molar-refractivity contribution in [2.24, 2.45) is 0 Å². The Balaban J connectivity index is 0. The van der Waals surface area contributed by atoms with Crippen molar-refractivity contribution in [2.75, 3.05) is 0 Å². The first-order valence-corrected chi connectivity index (χ1v) is 3.43. The van der Waals surface area contributed by atoms with Gasteiger partial charge >= 0.3 is 57.4 Å². The summed E-state index contributed by atoms with van der Waals surface area (Å²) < 4.78 is 4.77. The van der Waals surface area contributed by atoms with Crippen LogP contribution >= 0.6 is 0 Å². The number of rotatable bonds is 2. The van der Waals surface area contributed by atoms with Crippen LogP contribution in [0.2, 0.25) is 0 Å². The van der Waals surface area contributed by atoms with E-state index in [-0.39, 0.29) is 51.4 Å². The summed E-state index contributed by atoms with van der Waals surface area (Å²) in [6.45, 7) is 5.08. The van der Waals surface area contributed by atoms with Crippen molar-refractivity contribution in [3.05, 3.63) is 12.2 Å². The predicted octanol–water partition coefficient (Wildman–Crippen LogP) is -3.36. The van der Waals surface area contributed by atoms with Gasteiger partial charge in [-0.1, -0.05) is 0 Å². The first-order valence-electron chi connectivity index (χ1n) is 3.43. The number of esters is 1. The summed E-state index contributed by atoms with van der Waals surface area (Å²) in [5, 5.41) is 9.86. The molecule has 0 saturated carbocycles. The van der Waals surface area contributed by atoms with Crippen molar-refractivity contribution >= 4 is 11.9 Å². The van der Waals surface area contributed by atoms with Gasteiger partial charge in [0.05, 0.1) is 5.97 Å². The van der Waals surface area contributed by atoms with E-state index < -0.39 is 17.5 Å². The summed E-state index contributed by atoms with van der Waals surface area (Å²) in [7, 11) is 0. The Morgan fingerprint density at radius 3 is 2.00 bits per heavy atom. The third-order valence-electron chi connectivity index (χ3n) is 0.762. The van der Waals surface area contributed by atoms with Crippen molar-refractivity contribution in [1.29, 1.82) is 0 Å². The first-order chi connectivity index (χ1) is 5.31. The van der Waals surface area contributed by atoms with E-state index in [4.69, 9.17) is 4.74 Å². The third-order valence-corrected chi connectivity index (χ3v) is 0.762. The van der Waals surface area contributed by atoms with Crippen LogP contribution in [0.1, 0.15) is 20.8 Å². The topological polar surface area (TPSA) is 66.4 Å². The van der Waals surface area contributed by atoms with Gasteiger partial charge in [-0.2, -0.15) is 0 Å². The molecule has 0 N–H and O–H groups in total. The molecule has 0 spiro atoms. The minimum absolute atomic E-state index is 0. The number of carbonyl (C=O) groups is 2. The number of hydrogen-bond acceptors (Lipinski definition) is 4. The fourth-order valence-electron chi connectivity index (χ4n) is 0.472. The third kappa shape index (κ3) is 12.3. The maximum atomic E-state index is 10.8. The largest absolute Gasteiger partial charge is 1.00 e. The van der Waals surface area contributed by atoms with E-state index in [0.29, 0.717) is 6.08 Å². The molecule has 5 heteroatoms. The van der Waals surface area contributed by atoms with Gasteiger partial charge in [-0.15, -0.1) is 0 Å². The summed E-state index contributed by atoms with van der Waals surface area (Å²) in [5.41, 5.74) is -0.604. The van der Waals surface area contributed by atoms with Crippen LogP contribution in [-0.4, -0.2) is 17.5 Å². The molecule has 0 aliphatic carbocycles. The molecule has 0 aliphatic rings. The molecule has 0 saturated heterocycles. The minimum Gasteiger partial charge on any atom is -0.545 e. The van der Waals surface area contributed by atoms with Crippen LogP contribution < -0.4 is 56.5 Å². The zero-order valence-corrected chi connectivity index (χ0v) is 11.4. The van der Waals surface area contributed by atoms with E-state index in [0.717, 1.165) is 6.08 Å². The van der Waals surface area contributed by atoms with Gasteiger partial charge in [0.25, 0.3) is 0 Å². The van der Waals surface area contributed by atoms with E-state index in [9.17, 15) is 14.7 Å². The molecule has 0 unspecified atom stereocenters. The monoisotopic (exact) mass is 210 g/mol. The van der Waals surface area contributed by atoms with Crippen LogP contribution in [0.15, 0.2) is 12.2 Å². The number of ether oxygens (including phenoxy) is 1. The molecule has 0 fully saturated rings. The average molecular weight is 210 g/mol. The Morgan fingerprint density at radius 2 is 1.69 bits per heavy atom. The summed E-state index contributed by atoms with van der Waals surface area (Å²) in [6.07, 6.45) is 1.45. The van der Waals surface area contributed by atoms with Gasteiger partial charge in [0.2, 0.25) is 0 Å². The fraction of sp³-hybridized carbons (Fsp3) is 0.500. The van der Waals surface area contributed by atoms with Crippen LogP contribution in [-0.2, 0) is 14.3 Å². The van der Waals surface area contributed by atoms with Crippen molar-refractivity contribution in [3.8, 4) is 0 Å². The van der Waals surface area contributed by atoms with Crippen LogP contribution in [0, 0.1) is 0 Å². The smallest absolute Gasteiger partial charge is 0.545 e. The zero-order chi connectivity index (χ0) is 9.78. The van der Waals surface area contributed by atoms with Gasteiger partial charge in [0, 0.05) is 6.08 Å². The maximum Gasteiger partial charge on any atom is 1.00 e. The molecule has 0 aromatic heterocycles. The Bertz CT molecular complexity index is 215. The van der Waals surface area contributed by atoms with Crippen LogP contribution in [0.5, 0.6) is 0 Å². The quantitative estimate of drug-likeness (QED) is 0.271. The van der Waals surface area contributed by atoms with Crippen molar-refractivity contribution in [1.82, 2.24) is 0 Å². The molecule has 0 aromatic carbocycles. The van der Waals surface area contributed by atoms with Gasteiger partial charge < -0.3 is 14.6 Å². The van der Waals surface area contributed by atoms with Crippen molar-refractivity contribution in [2.45, 2.75) is 26.4 Å². The van der Waals surface area contributed by atoms with Crippen LogP contribution in [0.3, 0.4) is 0 Å². The first kappa shape index (κ1) is 15.8.